The van der Waals surface area contributed by atoms with E-state index in [1.807, 2.05) is 0 Å². The maximum atomic E-state index is 13.2. The molecule has 10 aliphatic heterocycles. The molecule has 55 nitrogen and oxygen atoms in total. The summed E-state index contributed by atoms with van der Waals surface area (Å²) >= 11 is 0. The average Bonchev–Trinajstić information content (AvgIpc) is 0.765. The quantitative estimate of drug-likeness (QED) is 0.0306. The van der Waals surface area contributed by atoms with Crippen LogP contribution in [-0.4, -0.2) is 527 Å². The Bertz CT molecular complexity index is 3380. The number of carboxylic acid groups (broad SMARTS) is 1. The summed E-state index contributed by atoms with van der Waals surface area (Å²) in [7, 11) is 0. The lowest BCUT2D eigenvalue weighted by Gasteiger charge is -2.51. The van der Waals surface area contributed by atoms with Crippen LogP contribution in [0.25, 0.3) is 0 Å². The van der Waals surface area contributed by atoms with Crippen LogP contribution in [0, 0.1) is 0 Å². The monoisotopic (exact) mass is 1800 g/mol. The van der Waals surface area contributed by atoms with Gasteiger partial charge in [-0.15, -0.1) is 0 Å². The van der Waals surface area contributed by atoms with E-state index in [4.69, 9.17) is 90.0 Å². The summed E-state index contributed by atoms with van der Waals surface area (Å²) < 4.78 is 112. The molecule has 55 heteroatoms. The summed E-state index contributed by atoms with van der Waals surface area (Å²) in [6.07, 6.45) is -96.3. The molecule has 0 radical (unpaired) electrons. The van der Waals surface area contributed by atoms with E-state index < -0.39 is 389 Å². The van der Waals surface area contributed by atoms with Crippen molar-refractivity contribution < 1.29 is 252 Å². The molecule has 31 N–H and O–H groups in total. The number of hydrogen-bond acceptors (Lipinski definition) is 50. The molecule has 0 aromatic rings. The summed E-state index contributed by atoms with van der Waals surface area (Å²) in [5, 5.41) is 309. The van der Waals surface area contributed by atoms with Crippen LogP contribution in [0.2, 0.25) is 0 Å². The third-order valence-electron chi connectivity index (χ3n) is 22.4. The highest BCUT2D eigenvalue weighted by atomic mass is 16.8. The number of hydrogen-bond donors (Lipinski definition) is 31. The standard InChI is InChI=1S/C68H112N4O51/c1-14-31(83)40(92)45(97)63(107-14)105-13-26-52(37(89)27(59(104)108-26)69-15(2)79)117-60-28(70-16(3)80)39(91)51(24(11-78)113-60)118-67-49(101)55(120-64-46(98)41(93)32(84)19(6-73)110-64)36(88)25(115-67)12-106-68-57(43(95)33(85)20(7-74)112-68)123-61-29(71-17(4)81)38(90)50(23(10-77)114-61)116-62-30(72-18(5)82)53(34(86)21(8-75)109-62)119-66-48(100)54(35(87)22(9-76)111-66)121-65-47(99)42(94)44(96)56(122-65)58(102)103/h14,19-57,59-68,73-78,83-101,104H,6-13H2,1-5H3,(H,69,79)(H,70,80)(H,71,81)(H,72,82)(H,102,103)/t14-,19+,20+,21+,22+,23+,24+,25+,26+,27+,28+,29+,30+,31+,32+,33+,34-,35-,36+,37+,38+,39+,40+,41-,42-,43-,44-,45-,46-,47+,48+,49-,50+,51+,52+,53+,54-,55-,56-,57-,59+,60-,61-,62-,63+,64+,65+,66-,67-,68-/m0/s1. The highest BCUT2D eigenvalue weighted by Crippen LogP contribution is 2.41. The van der Waals surface area contributed by atoms with Crippen molar-refractivity contribution in [3.8, 4) is 0 Å². The second-order valence-electron chi connectivity index (χ2n) is 31.0. The minimum absolute atomic E-state index is 0.827. The topological polar surface area (TPSA) is 855 Å². The molecular formula is C68H112N4O51. The Morgan fingerprint density at radius 2 is 0.561 bits per heavy atom. The first-order chi connectivity index (χ1) is 58.0. The van der Waals surface area contributed by atoms with Crippen molar-refractivity contribution in [2.45, 2.75) is 341 Å². The lowest BCUT2D eigenvalue weighted by molar-refractivity contribution is -0.389. The first-order valence-electron chi connectivity index (χ1n) is 39.0. The fourth-order valence-electron chi connectivity index (χ4n) is 15.8. The van der Waals surface area contributed by atoms with Gasteiger partial charge in [-0.2, -0.15) is 0 Å². The first kappa shape index (κ1) is 101. The maximum absolute atomic E-state index is 13.2. The summed E-state index contributed by atoms with van der Waals surface area (Å²) in [4.78, 5) is 63.7. The molecule has 123 heavy (non-hydrogen) atoms. The van der Waals surface area contributed by atoms with E-state index in [9.17, 15) is 162 Å². The van der Waals surface area contributed by atoms with Crippen LogP contribution in [0.15, 0.2) is 0 Å². The number of carboxylic acids is 1. The summed E-state index contributed by atoms with van der Waals surface area (Å²) in [5.41, 5.74) is 0. The van der Waals surface area contributed by atoms with Gasteiger partial charge in [-0.1, -0.05) is 0 Å². The number of carbonyl (C=O) groups excluding carboxylic acids is 4. The number of rotatable bonds is 31. The number of amides is 4. The number of aliphatic hydroxyl groups is 26. The van der Waals surface area contributed by atoms with E-state index in [1.165, 1.54) is 6.92 Å². The van der Waals surface area contributed by atoms with Gasteiger partial charge in [0.25, 0.3) is 0 Å². The number of nitrogens with one attached hydrogen (secondary N) is 4. The van der Waals surface area contributed by atoms with Gasteiger partial charge in [-0.3, -0.25) is 19.2 Å². The van der Waals surface area contributed by atoms with Gasteiger partial charge in [-0.25, -0.2) is 4.79 Å². The Kier molecular flexibility index (Phi) is 35.6. The normalized spacial score (nSPS) is 49.4. The van der Waals surface area contributed by atoms with Gasteiger partial charge < -0.3 is 249 Å². The van der Waals surface area contributed by atoms with Crippen molar-refractivity contribution in [1.82, 2.24) is 21.3 Å². The fraction of sp³-hybridized carbons (Fsp3) is 0.926. The van der Waals surface area contributed by atoms with E-state index in [2.05, 4.69) is 21.3 Å². The highest BCUT2D eigenvalue weighted by molar-refractivity contribution is 5.75. The maximum Gasteiger partial charge on any atom is 0.335 e. The van der Waals surface area contributed by atoms with Crippen molar-refractivity contribution in [2.75, 3.05) is 52.9 Å². The number of carbonyl (C=O) groups is 5. The van der Waals surface area contributed by atoms with E-state index in [0.29, 0.717) is 0 Å². The number of ether oxygens (including phenoxy) is 19. The summed E-state index contributed by atoms with van der Waals surface area (Å²) in [5.74, 6) is -5.64. The van der Waals surface area contributed by atoms with Crippen LogP contribution in [0.5, 0.6) is 0 Å². The van der Waals surface area contributed by atoms with Crippen molar-refractivity contribution in [3.63, 3.8) is 0 Å². The molecule has 10 aliphatic rings. The minimum Gasteiger partial charge on any atom is -0.479 e. The van der Waals surface area contributed by atoms with Crippen molar-refractivity contribution in [2.24, 2.45) is 0 Å². The van der Waals surface area contributed by atoms with Crippen LogP contribution in [0.4, 0.5) is 0 Å². The Labute approximate surface area is 695 Å². The molecule has 0 aliphatic carbocycles. The van der Waals surface area contributed by atoms with E-state index in [0.717, 1.165) is 27.7 Å². The van der Waals surface area contributed by atoms with Crippen LogP contribution in [-0.2, 0) is 114 Å². The predicted molar refractivity (Wildman–Crippen MR) is 375 cm³/mol. The fourth-order valence-corrected chi connectivity index (χ4v) is 15.8. The lowest BCUT2D eigenvalue weighted by atomic mass is 9.93. The van der Waals surface area contributed by atoms with Gasteiger partial charge in [0.1, 0.15) is 232 Å². The molecule has 10 saturated heterocycles. The molecule has 4 amide bonds. The zero-order valence-electron chi connectivity index (χ0n) is 65.9. The van der Waals surface area contributed by atoms with E-state index >= 15 is 0 Å². The van der Waals surface area contributed by atoms with Gasteiger partial charge >= 0.3 is 5.97 Å². The lowest BCUT2D eigenvalue weighted by Crippen LogP contribution is -2.71. The van der Waals surface area contributed by atoms with Crippen LogP contribution in [0.1, 0.15) is 34.6 Å². The molecular weight excluding hydrogens is 1690 g/mol. The Hall–Kier alpha value is -4.45. The third-order valence-corrected chi connectivity index (χ3v) is 22.4. The van der Waals surface area contributed by atoms with Gasteiger partial charge in [0, 0.05) is 27.7 Å². The molecule has 0 aromatic carbocycles. The molecule has 10 rings (SSSR count). The zero-order chi connectivity index (χ0) is 90.7. The second kappa shape index (κ2) is 43.5. The highest BCUT2D eigenvalue weighted by Gasteiger charge is 2.62. The van der Waals surface area contributed by atoms with Gasteiger partial charge in [0.15, 0.2) is 69.0 Å². The minimum atomic E-state index is -2.47. The Morgan fingerprint density at radius 3 is 1.04 bits per heavy atom. The van der Waals surface area contributed by atoms with Crippen LogP contribution < -0.4 is 21.3 Å². The van der Waals surface area contributed by atoms with Crippen molar-refractivity contribution >= 4 is 29.6 Å². The van der Waals surface area contributed by atoms with Crippen LogP contribution in [0.3, 0.4) is 0 Å². The van der Waals surface area contributed by atoms with E-state index in [-0.39, 0.29) is 0 Å². The molecule has 0 saturated carbocycles. The molecule has 10 heterocycles. The summed E-state index contributed by atoms with van der Waals surface area (Å²) in [6.45, 7) is -3.87. The molecule has 0 spiro atoms. The molecule has 10 fully saturated rings. The molecule has 0 unspecified atom stereocenters. The largest absolute Gasteiger partial charge is 0.479 e. The second-order valence-corrected chi connectivity index (χ2v) is 31.0. The summed E-state index contributed by atoms with van der Waals surface area (Å²) in [6, 6.07) is -7.69. The third kappa shape index (κ3) is 22.3. The smallest absolute Gasteiger partial charge is 0.335 e. The molecule has 0 bridgehead atoms. The first-order valence-corrected chi connectivity index (χ1v) is 39.0. The number of aliphatic carboxylic acids is 1. The Balaban J connectivity index is 0.905. The van der Waals surface area contributed by atoms with Crippen molar-refractivity contribution in [3.05, 3.63) is 0 Å². The predicted octanol–water partition coefficient (Wildman–Crippen LogP) is -21.1. The zero-order valence-corrected chi connectivity index (χ0v) is 65.9. The average molecular weight is 1800 g/mol. The van der Waals surface area contributed by atoms with Crippen LogP contribution >= 0.6 is 0 Å². The van der Waals surface area contributed by atoms with Crippen molar-refractivity contribution in [1.29, 1.82) is 0 Å². The van der Waals surface area contributed by atoms with Gasteiger partial charge in [0.2, 0.25) is 23.6 Å². The van der Waals surface area contributed by atoms with E-state index in [1.54, 1.807) is 0 Å². The SMILES string of the molecule is CC(=O)N[C@@H]1[C@@H](O)[C@H](O[C@@H]2O[C@H](CO)[C@@H](O[C@@H]3O[C@H](CO[C@H]4O[C@H](CO)[C@@H](O)[C@H](O)[C@@H]4O[C@@H]4O[C@H](CO)[C@@H](O[C@@H]5O[C@H](CO)[C@H](O)[C@H](O[C@@H]6O[C@H](CO)[C@H](O)[C@H](O[C@@H]7O[C@H](C(=O)O)[C@@H](O)[C@H](O)[C@H]7O)[C@H]6O)[C@H]5NC(C)=O)[C@H](O)[C@H]4NC(C)=O)[C@@H](O)[C@H](O[C@H]4O[C@H](CO)[C@@H](O)[C@H](O)[C@@H]4O)[C@@H]3O)[C@H](O)[C@H]2NC(C)=O)[C@@H](CO[C@@H]2O[C@@H](C)[C@@H](O)[C@@H](O)[C@@H]2O)O[C@H]1O. The molecule has 710 valence electrons. The van der Waals surface area contributed by atoms with Gasteiger partial charge in [-0.05, 0) is 6.92 Å². The number of aliphatic hydroxyl groups excluding tert-OH is 26. The van der Waals surface area contributed by atoms with Gasteiger partial charge in [0.05, 0.1) is 59.0 Å². The molecule has 50 atom stereocenters. The Morgan fingerprint density at radius 1 is 0.252 bits per heavy atom. The molecule has 0 aromatic heterocycles.